The van der Waals surface area contributed by atoms with Gasteiger partial charge in [0.25, 0.3) is 0 Å². The largest absolute Gasteiger partial charge is 0.288 e. The fourth-order valence-corrected chi connectivity index (χ4v) is 3.02. The lowest BCUT2D eigenvalue weighted by Crippen LogP contribution is -2.34. The van der Waals surface area contributed by atoms with Crippen LogP contribution in [0.1, 0.15) is 40.5 Å². The molecular formula is C20H24N2O2. The van der Waals surface area contributed by atoms with E-state index in [1.54, 1.807) is 9.80 Å². The summed E-state index contributed by atoms with van der Waals surface area (Å²) in [4.78, 5) is 28.0. The number of carbonyl (C=O) groups is 2. The van der Waals surface area contributed by atoms with Crippen molar-refractivity contribution >= 4 is 23.2 Å². The third-order valence-corrected chi connectivity index (χ3v) is 4.51. The Bertz CT molecular complexity index is 664. The van der Waals surface area contributed by atoms with Gasteiger partial charge in [-0.05, 0) is 35.1 Å². The number of allylic oxidation sites excluding steroid dienone is 2. The van der Waals surface area contributed by atoms with Gasteiger partial charge in [-0.2, -0.15) is 0 Å². The minimum absolute atomic E-state index is 0.0888. The zero-order chi connectivity index (χ0) is 17.5. The lowest BCUT2D eigenvalue weighted by molar-refractivity contribution is -0.120. The van der Waals surface area contributed by atoms with Gasteiger partial charge in [0.2, 0.25) is 11.8 Å². The maximum Gasteiger partial charge on any atom is 0.231 e. The van der Waals surface area contributed by atoms with E-state index in [4.69, 9.17) is 0 Å². The summed E-state index contributed by atoms with van der Waals surface area (Å²) in [7, 11) is 0. The number of nitrogens with zero attached hydrogens (tertiary/aromatic N) is 2. The van der Waals surface area contributed by atoms with E-state index in [0.29, 0.717) is 12.8 Å². The number of hydrogen-bond donors (Lipinski definition) is 0. The van der Waals surface area contributed by atoms with Crippen LogP contribution < -0.4 is 9.80 Å². The van der Waals surface area contributed by atoms with Crippen LogP contribution >= 0.6 is 0 Å². The highest BCUT2D eigenvalue weighted by atomic mass is 16.2. The first-order valence-corrected chi connectivity index (χ1v) is 8.30. The Morgan fingerprint density at radius 2 is 1.04 bits per heavy atom. The van der Waals surface area contributed by atoms with Gasteiger partial charge >= 0.3 is 0 Å². The fourth-order valence-electron chi connectivity index (χ4n) is 3.02. The molecule has 0 bridgehead atoms. The van der Waals surface area contributed by atoms with E-state index in [0.717, 1.165) is 11.4 Å². The molecule has 0 spiro atoms. The third kappa shape index (κ3) is 3.28. The molecule has 0 saturated heterocycles. The minimum Gasteiger partial charge on any atom is -0.288 e. The van der Waals surface area contributed by atoms with Crippen molar-refractivity contribution in [3.63, 3.8) is 0 Å². The van der Waals surface area contributed by atoms with E-state index in [9.17, 15) is 9.59 Å². The number of amides is 2. The van der Waals surface area contributed by atoms with Crippen molar-refractivity contribution in [3.8, 4) is 0 Å². The summed E-state index contributed by atoms with van der Waals surface area (Å²) in [5.74, 6) is 0.178. The predicted octanol–water partition coefficient (Wildman–Crippen LogP) is 4.24. The monoisotopic (exact) mass is 324 g/mol. The molecule has 126 valence electrons. The molecule has 4 heteroatoms. The average molecular weight is 324 g/mol. The van der Waals surface area contributed by atoms with Crippen LogP contribution in [0.3, 0.4) is 0 Å². The van der Waals surface area contributed by atoms with Crippen molar-refractivity contribution in [1.29, 1.82) is 0 Å². The molecule has 2 heterocycles. The molecule has 2 aliphatic heterocycles. The highest BCUT2D eigenvalue weighted by molar-refractivity contribution is 5.99. The third-order valence-electron chi connectivity index (χ3n) is 4.51. The topological polar surface area (TPSA) is 40.6 Å². The summed E-state index contributed by atoms with van der Waals surface area (Å²) >= 11 is 0. The van der Waals surface area contributed by atoms with Crippen LogP contribution in [0.4, 0.5) is 11.4 Å². The van der Waals surface area contributed by atoms with Gasteiger partial charge in [0.05, 0.1) is 0 Å². The molecule has 1 aromatic rings. The highest BCUT2D eigenvalue weighted by Crippen LogP contribution is 2.33. The summed E-state index contributed by atoms with van der Waals surface area (Å²) in [6.45, 7) is 8.21. The second-order valence-electron chi connectivity index (χ2n) is 8.01. The van der Waals surface area contributed by atoms with Crippen LogP contribution in [-0.2, 0) is 9.59 Å². The van der Waals surface area contributed by atoms with Crippen molar-refractivity contribution < 1.29 is 9.59 Å². The number of anilines is 2. The summed E-state index contributed by atoms with van der Waals surface area (Å²) in [6, 6.07) is 7.54. The molecule has 3 rings (SSSR count). The molecule has 4 nitrogen and oxygen atoms in total. The first kappa shape index (κ1) is 16.5. The van der Waals surface area contributed by atoms with Gasteiger partial charge in [0.1, 0.15) is 0 Å². The molecule has 2 amide bonds. The van der Waals surface area contributed by atoms with Crippen molar-refractivity contribution in [2.24, 2.45) is 10.8 Å². The summed E-state index contributed by atoms with van der Waals surface area (Å²) < 4.78 is 0. The molecule has 1 aromatic carbocycles. The Morgan fingerprint density at radius 1 is 0.708 bits per heavy atom. The van der Waals surface area contributed by atoms with Gasteiger partial charge in [-0.15, -0.1) is 0 Å². The van der Waals surface area contributed by atoms with Gasteiger partial charge in [-0.3, -0.25) is 19.4 Å². The van der Waals surface area contributed by atoms with Crippen molar-refractivity contribution in [1.82, 2.24) is 0 Å². The SMILES string of the molecule is CC1(C)C=CN(c2ccc(N3C=CC(C)(C)CC3=O)cc2)C(=O)C1. The van der Waals surface area contributed by atoms with Crippen LogP contribution in [0.25, 0.3) is 0 Å². The maximum atomic E-state index is 12.3. The number of hydrogen-bond acceptors (Lipinski definition) is 2. The Hall–Kier alpha value is -2.36. The molecule has 24 heavy (non-hydrogen) atoms. The van der Waals surface area contributed by atoms with Crippen LogP contribution in [0, 0.1) is 10.8 Å². The normalized spacial score (nSPS) is 22.2. The molecule has 0 N–H and O–H groups in total. The van der Waals surface area contributed by atoms with Gasteiger partial charge in [-0.1, -0.05) is 39.8 Å². The Balaban J connectivity index is 1.82. The summed E-state index contributed by atoms with van der Waals surface area (Å²) in [5.41, 5.74) is 1.46. The lowest BCUT2D eigenvalue weighted by atomic mass is 9.86. The molecule has 0 fully saturated rings. The molecule has 0 atom stereocenters. The van der Waals surface area contributed by atoms with E-state index in [1.165, 1.54) is 0 Å². The Kier molecular flexibility index (Phi) is 3.86. The number of rotatable bonds is 2. The zero-order valence-electron chi connectivity index (χ0n) is 14.7. The summed E-state index contributed by atoms with van der Waals surface area (Å²) in [6.07, 6.45) is 8.79. The lowest BCUT2D eigenvalue weighted by Gasteiger charge is -2.32. The molecule has 0 unspecified atom stereocenters. The van der Waals surface area contributed by atoms with Crippen LogP contribution in [0.2, 0.25) is 0 Å². The minimum atomic E-state index is -0.0919. The standard InChI is InChI=1S/C20H24N2O2/c1-19(2)9-11-21(17(23)13-19)15-5-7-16(8-6-15)22-12-10-20(3,4)14-18(22)24/h5-12H,13-14H2,1-4H3. The molecule has 0 radical (unpaired) electrons. The van der Waals surface area contributed by atoms with E-state index < -0.39 is 0 Å². The van der Waals surface area contributed by atoms with Crippen molar-refractivity contribution in [3.05, 3.63) is 48.8 Å². The average Bonchev–Trinajstić information content (AvgIpc) is 2.46. The molecule has 0 saturated carbocycles. The first-order valence-electron chi connectivity index (χ1n) is 8.30. The van der Waals surface area contributed by atoms with Crippen LogP contribution in [0.15, 0.2) is 48.8 Å². The number of benzene rings is 1. The van der Waals surface area contributed by atoms with Crippen LogP contribution in [0.5, 0.6) is 0 Å². The second kappa shape index (κ2) is 5.62. The highest BCUT2D eigenvalue weighted by Gasteiger charge is 2.29. The zero-order valence-corrected chi connectivity index (χ0v) is 14.7. The second-order valence-corrected chi connectivity index (χ2v) is 8.01. The summed E-state index contributed by atoms with van der Waals surface area (Å²) in [5, 5.41) is 0. The fraction of sp³-hybridized carbons (Fsp3) is 0.400. The molecule has 2 aliphatic rings. The van der Waals surface area contributed by atoms with Gasteiger partial charge in [0.15, 0.2) is 0 Å². The van der Waals surface area contributed by atoms with E-state index >= 15 is 0 Å². The smallest absolute Gasteiger partial charge is 0.231 e. The van der Waals surface area contributed by atoms with E-state index in [-0.39, 0.29) is 22.6 Å². The Labute approximate surface area is 143 Å². The maximum absolute atomic E-state index is 12.3. The first-order chi connectivity index (χ1) is 11.2. The van der Waals surface area contributed by atoms with Crippen molar-refractivity contribution in [2.75, 3.05) is 9.80 Å². The van der Waals surface area contributed by atoms with Gasteiger partial charge < -0.3 is 0 Å². The van der Waals surface area contributed by atoms with E-state index in [2.05, 4.69) is 39.8 Å². The van der Waals surface area contributed by atoms with Crippen LogP contribution in [-0.4, -0.2) is 11.8 Å². The quantitative estimate of drug-likeness (QED) is 0.816. The Morgan fingerprint density at radius 3 is 1.33 bits per heavy atom. The molecule has 0 aromatic heterocycles. The predicted molar refractivity (Wildman–Crippen MR) is 96.5 cm³/mol. The van der Waals surface area contributed by atoms with Crippen molar-refractivity contribution in [2.45, 2.75) is 40.5 Å². The van der Waals surface area contributed by atoms with Gasteiger partial charge in [0, 0.05) is 36.6 Å². The molecular weight excluding hydrogens is 300 g/mol. The van der Waals surface area contributed by atoms with Gasteiger partial charge in [-0.25, -0.2) is 0 Å². The molecule has 0 aliphatic carbocycles. The number of carbonyl (C=O) groups excluding carboxylic acids is 2. The van der Waals surface area contributed by atoms with E-state index in [1.807, 2.05) is 36.7 Å².